The lowest BCUT2D eigenvalue weighted by Gasteiger charge is -2.26. The van der Waals surface area contributed by atoms with Crippen LogP contribution < -0.4 is 5.32 Å². The summed E-state index contributed by atoms with van der Waals surface area (Å²) in [6.07, 6.45) is 58.5. The van der Waals surface area contributed by atoms with Crippen LogP contribution in [0, 0.1) is 0 Å². The predicted octanol–water partition coefficient (Wildman–Crippen LogP) is 15.5. The molecule has 0 spiro atoms. The van der Waals surface area contributed by atoms with E-state index in [4.69, 9.17) is 5.11 Å². The predicted molar refractivity (Wildman–Crippen MR) is 261 cm³/mol. The number of rotatable bonds is 52. The van der Waals surface area contributed by atoms with Crippen LogP contribution in [-0.4, -0.2) is 57.8 Å². The first-order valence-corrected chi connectivity index (χ1v) is 27.4. The minimum Gasteiger partial charge on any atom is -0.396 e. The van der Waals surface area contributed by atoms with Gasteiger partial charge in [-0.1, -0.05) is 283 Å². The fraction of sp³-hybridized carbons (Fsp3) is 0.981. The van der Waals surface area contributed by atoms with Crippen LogP contribution in [0.15, 0.2) is 0 Å². The summed E-state index contributed by atoms with van der Waals surface area (Å²) in [7, 11) is 0. The van der Waals surface area contributed by atoms with E-state index < -0.39 is 18.2 Å². The molecule has 0 aromatic carbocycles. The number of hydrogen-bond acceptors (Lipinski definition) is 5. The van der Waals surface area contributed by atoms with Crippen molar-refractivity contribution in [2.24, 2.45) is 0 Å². The van der Waals surface area contributed by atoms with E-state index in [2.05, 4.69) is 12.2 Å². The quantitative estimate of drug-likeness (QED) is 0.0392. The highest BCUT2D eigenvalue weighted by Gasteiger charge is 2.26. The fourth-order valence-corrected chi connectivity index (χ4v) is 9.03. The fourth-order valence-electron chi connectivity index (χ4n) is 9.03. The van der Waals surface area contributed by atoms with Crippen LogP contribution in [-0.2, 0) is 4.79 Å². The van der Waals surface area contributed by atoms with Gasteiger partial charge in [0.25, 0.3) is 0 Å². The molecule has 1 amide bonds. The van der Waals surface area contributed by atoms with Crippen LogP contribution >= 0.6 is 0 Å². The molecule has 0 rings (SSSR count). The Kier molecular flexibility index (Phi) is 50.4. The van der Waals surface area contributed by atoms with Crippen LogP contribution in [0.2, 0.25) is 0 Å². The van der Waals surface area contributed by atoms with E-state index in [0.717, 1.165) is 44.9 Å². The number of aliphatic hydroxyl groups excluding tert-OH is 4. The lowest BCUT2D eigenvalue weighted by Crippen LogP contribution is -2.50. The summed E-state index contributed by atoms with van der Waals surface area (Å²) >= 11 is 0. The Morgan fingerprint density at radius 3 is 0.883 bits per heavy atom. The summed E-state index contributed by atoms with van der Waals surface area (Å²) in [6.45, 7) is 2.26. The van der Waals surface area contributed by atoms with Gasteiger partial charge < -0.3 is 25.7 Å². The molecular weight excluding hydrogens is 743 g/mol. The number of hydrogen-bond donors (Lipinski definition) is 5. The highest BCUT2D eigenvalue weighted by molar-refractivity contribution is 5.76. The second-order valence-corrected chi connectivity index (χ2v) is 19.2. The van der Waals surface area contributed by atoms with Gasteiger partial charge in [0.1, 0.15) is 6.10 Å². The maximum atomic E-state index is 12.5. The maximum absolute atomic E-state index is 12.5. The van der Waals surface area contributed by atoms with Gasteiger partial charge in [0, 0.05) is 13.0 Å². The molecule has 360 valence electrons. The summed E-state index contributed by atoms with van der Waals surface area (Å²) in [5.74, 6) is -0.140. The van der Waals surface area contributed by atoms with Crippen molar-refractivity contribution in [1.29, 1.82) is 0 Å². The lowest BCUT2D eigenvalue weighted by atomic mass is 9.99. The topological polar surface area (TPSA) is 110 Å². The number of nitrogens with one attached hydrogen (secondary N) is 1. The molecule has 0 heterocycles. The van der Waals surface area contributed by atoms with E-state index in [1.54, 1.807) is 0 Å². The van der Waals surface area contributed by atoms with E-state index in [-0.39, 0.29) is 12.5 Å². The molecule has 0 radical (unpaired) electrons. The zero-order valence-electron chi connectivity index (χ0n) is 40.6. The first-order valence-electron chi connectivity index (χ1n) is 27.4. The zero-order chi connectivity index (χ0) is 43.7. The molecule has 0 saturated carbocycles. The van der Waals surface area contributed by atoms with Crippen LogP contribution in [0.25, 0.3) is 0 Å². The van der Waals surface area contributed by atoms with E-state index >= 15 is 0 Å². The molecule has 0 bridgehead atoms. The molecule has 6 heteroatoms. The summed E-state index contributed by atoms with van der Waals surface area (Å²) in [5.41, 5.74) is 0. The third-order valence-corrected chi connectivity index (χ3v) is 13.3. The number of carbonyl (C=O) groups is 1. The van der Waals surface area contributed by atoms with Crippen molar-refractivity contribution in [3.63, 3.8) is 0 Å². The standard InChI is InChI=1S/C54H109NO5/c1-2-3-4-5-6-7-8-32-35-38-41-44-47-52(58)54(60)51(50-57)55-53(59)48-45-42-39-36-33-30-28-26-24-22-20-18-16-14-12-10-9-11-13-15-17-19-21-23-25-27-29-31-34-37-40-43-46-49-56/h51-52,54,56-58,60H,2-50H2,1H3,(H,55,59)/t51-,52?,54+/m1/s1. The average molecular weight is 852 g/mol. The van der Waals surface area contributed by atoms with Gasteiger partial charge in [0.15, 0.2) is 0 Å². The maximum Gasteiger partial charge on any atom is 0.220 e. The van der Waals surface area contributed by atoms with E-state index in [1.165, 1.54) is 244 Å². The molecule has 3 atom stereocenters. The molecule has 0 aromatic heterocycles. The second-order valence-electron chi connectivity index (χ2n) is 19.2. The molecule has 0 aliphatic carbocycles. The first-order chi connectivity index (χ1) is 29.6. The molecule has 60 heavy (non-hydrogen) atoms. The van der Waals surface area contributed by atoms with Crippen LogP contribution in [0.3, 0.4) is 0 Å². The Balaban J connectivity index is 3.40. The molecule has 0 aromatic rings. The highest BCUT2D eigenvalue weighted by atomic mass is 16.3. The molecule has 6 nitrogen and oxygen atoms in total. The first kappa shape index (κ1) is 59.3. The number of carbonyl (C=O) groups excluding carboxylic acids is 1. The molecular formula is C54H109NO5. The van der Waals surface area contributed by atoms with Gasteiger partial charge in [-0.15, -0.1) is 0 Å². The number of unbranched alkanes of at least 4 members (excludes halogenated alkanes) is 43. The smallest absolute Gasteiger partial charge is 0.220 e. The van der Waals surface area contributed by atoms with Crippen molar-refractivity contribution in [2.75, 3.05) is 13.2 Å². The van der Waals surface area contributed by atoms with Crippen LogP contribution in [0.5, 0.6) is 0 Å². The summed E-state index contributed by atoms with van der Waals surface area (Å²) in [5, 5.41) is 42.4. The SMILES string of the molecule is CCCCCCCCCCCCCCC(O)[C@@H](O)[C@@H](CO)NC(=O)CCCCCCCCCCCCCCCCCCCCCCCCCCCCCCCCCCCO. The molecule has 0 aliphatic heterocycles. The van der Waals surface area contributed by atoms with Gasteiger partial charge in [0.2, 0.25) is 5.91 Å². The number of amides is 1. The highest BCUT2D eigenvalue weighted by Crippen LogP contribution is 2.18. The van der Waals surface area contributed by atoms with E-state index in [0.29, 0.717) is 19.4 Å². The molecule has 0 aliphatic rings. The second kappa shape index (κ2) is 50.9. The summed E-state index contributed by atoms with van der Waals surface area (Å²) in [6, 6.07) is -0.805. The minimum absolute atomic E-state index is 0.140. The van der Waals surface area contributed by atoms with Crippen LogP contribution in [0.4, 0.5) is 0 Å². The minimum atomic E-state index is -1.13. The van der Waals surface area contributed by atoms with Gasteiger partial charge in [-0.05, 0) is 19.3 Å². The van der Waals surface area contributed by atoms with Gasteiger partial charge in [-0.3, -0.25) is 4.79 Å². The van der Waals surface area contributed by atoms with Gasteiger partial charge >= 0.3 is 0 Å². The molecule has 1 unspecified atom stereocenters. The summed E-state index contributed by atoms with van der Waals surface area (Å²) in [4.78, 5) is 12.5. The molecule has 5 N–H and O–H groups in total. The van der Waals surface area contributed by atoms with Crippen molar-refractivity contribution in [2.45, 2.75) is 327 Å². The van der Waals surface area contributed by atoms with Crippen molar-refractivity contribution >= 4 is 5.91 Å². The monoisotopic (exact) mass is 852 g/mol. The van der Waals surface area contributed by atoms with Crippen molar-refractivity contribution in [3.8, 4) is 0 Å². The van der Waals surface area contributed by atoms with Gasteiger partial charge in [-0.2, -0.15) is 0 Å². The lowest BCUT2D eigenvalue weighted by molar-refractivity contribution is -0.124. The zero-order valence-corrected chi connectivity index (χ0v) is 40.6. The Morgan fingerprint density at radius 2 is 0.617 bits per heavy atom. The number of aliphatic hydroxyl groups is 4. The molecule has 0 fully saturated rings. The third-order valence-electron chi connectivity index (χ3n) is 13.3. The normalized spacial score (nSPS) is 13.2. The third kappa shape index (κ3) is 45.3. The average Bonchev–Trinajstić information content (AvgIpc) is 3.25. The van der Waals surface area contributed by atoms with Gasteiger partial charge in [-0.25, -0.2) is 0 Å². The Bertz CT molecular complexity index is 811. The van der Waals surface area contributed by atoms with Crippen molar-refractivity contribution < 1.29 is 25.2 Å². The van der Waals surface area contributed by atoms with E-state index in [1.807, 2.05) is 0 Å². The van der Waals surface area contributed by atoms with Gasteiger partial charge in [0.05, 0.1) is 18.8 Å². The Hall–Kier alpha value is -0.690. The summed E-state index contributed by atoms with van der Waals surface area (Å²) < 4.78 is 0. The Morgan fingerprint density at radius 1 is 0.367 bits per heavy atom. The van der Waals surface area contributed by atoms with E-state index in [9.17, 15) is 20.1 Å². The largest absolute Gasteiger partial charge is 0.396 e. The van der Waals surface area contributed by atoms with Crippen LogP contribution in [0.1, 0.15) is 309 Å². The molecule has 0 saturated heterocycles. The van der Waals surface area contributed by atoms with Crippen molar-refractivity contribution in [1.82, 2.24) is 5.32 Å². The van der Waals surface area contributed by atoms with Crippen molar-refractivity contribution in [3.05, 3.63) is 0 Å². The Labute approximate surface area is 375 Å².